The van der Waals surface area contributed by atoms with E-state index >= 15 is 0 Å². The van der Waals surface area contributed by atoms with Gasteiger partial charge in [0.15, 0.2) is 0 Å². The first kappa shape index (κ1) is 23.2. The molecule has 0 atom stereocenters. The average Bonchev–Trinajstić information content (AvgIpc) is 2.80. The van der Waals surface area contributed by atoms with Crippen LogP contribution in [0.25, 0.3) is 0 Å². The molecule has 0 saturated heterocycles. The molecule has 0 spiro atoms. The fraction of sp³-hybridized carbons (Fsp3) is 0.0769. The predicted molar refractivity (Wildman–Crippen MR) is 117 cm³/mol. The Morgan fingerprint density at radius 3 is 1.28 bits per heavy atom. The van der Waals surface area contributed by atoms with Crippen LogP contribution in [0.3, 0.4) is 0 Å². The number of esters is 2. The Morgan fingerprint density at radius 1 is 0.594 bits per heavy atom. The standard InChI is InChI=1S/C26H16O6/c1-3-5-7-19-29-21-9-13-23(14-10-21)31-25(27)17-18-26(28)32-24-15-11-22(12-16-24)30-20-8-6-4-2/h9-18H,1-2H3. The van der Waals surface area contributed by atoms with Crippen molar-refractivity contribution in [3.05, 3.63) is 60.7 Å². The Bertz CT molecular complexity index is 1120. The van der Waals surface area contributed by atoms with Crippen molar-refractivity contribution in [2.75, 3.05) is 0 Å². The van der Waals surface area contributed by atoms with Crippen LogP contribution in [0, 0.1) is 47.7 Å². The minimum absolute atomic E-state index is 0.269. The second kappa shape index (κ2) is 13.2. The molecule has 6 nitrogen and oxygen atoms in total. The maximum atomic E-state index is 11.9. The van der Waals surface area contributed by atoms with Crippen molar-refractivity contribution < 1.29 is 28.5 Å². The van der Waals surface area contributed by atoms with Crippen LogP contribution in [-0.2, 0) is 9.59 Å². The van der Waals surface area contributed by atoms with Gasteiger partial charge >= 0.3 is 11.9 Å². The van der Waals surface area contributed by atoms with Crippen molar-refractivity contribution in [2.24, 2.45) is 0 Å². The minimum Gasteiger partial charge on any atom is -0.423 e. The number of rotatable bonds is 6. The molecule has 0 N–H and O–H groups in total. The van der Waals surface area contributed by atoms with E-state index in [0.29, 0.717) is 11.5 Å². The van der Waals surface area contributed by atoms with Crippen molar-refractivity contribution in [3.63, 3.8) is 0 Å². The third-order valence-corrected chi connectivity index (χ3v) is 3.25. The van der Waals surface area contributed by atoms with E-state index in [1.165, 1.54) is 24.3 Å². The van der Waals surface area contributed by atoms with Gasteiger partial charge in [0.1, 0.15) is 35.2 Å². The first-order chi connectivity index (χ1) is 15.6. The van der Waals surface area contributed by atoms with Gasteiger partial charge in [-0.3, -0.25) is 0 Å². The van der Waals surface area contributed by atoms with Crippen molar-refractivity contribution in [1.29, 1.82) is 0 Å². The van der Waals surface area contributed by atoms with Gasteiger partial charge in [-0.1, -0.05) is 11.8 Å². The molecule has 0 amide bonds. The van der Waals surface area contributed by atoms with Crippen molar-refractivity contribution in [3.8, 4) is 70.7 Å². The van der Waals surface area contributed by atoms with Crippen LogP contribution in [0.2, 0.25) is 0 Å². The molecule has 2 aromatic rings. The number of carbonyl (C=O) groups excluding carboxylic acids is 2. The molecular weight excluding hydrogens is 408 g/mol. The summed E-state index contributed by atoms with van der Waals surface area (Å²) in [7, 11) is 0. The SMILES string of the molecule is CC#CC#COc1ccc(OC(=O)C=CC(=O)Oc2ccc(OC#CC#CC)cc2)cc1. The summed E-state index contributed by atoms with van der Waals surface area (Å²) in [6, 6.07) is 12.4. The summed E-state index contributed by atoms with van der Waals surface area (Å²) in [5.41, 5.74) is 0. The molecule has 2 rings (SSSR count). The largest absolute Gasteiger partial charge is 0.423 e. The molecule has 0 unspecified atom stereocenters. The lowest BCUT2D eigenvalue weighted by molar-refractivity contribution is -0.131. The number of hydrogen-bond donors (Lipinski definition) is 0. The molecule has 0 bridgehead atoms. The van der Waals surface area contributed by atoms with E-state index in [-0.39, 0.29) is 11.5 Å². The van der Waals surface area contributed by atoms with Crippen LogP contribution in [0.4, 0.5) is 0 Å². The fourth-order valence-electron chi connectivity index (χ4n) is 1.93. The summed E-state index contributed by atoms with van der Waals surface area (Å²) in [5.74, 6) is 15.3. The van der Waals surface area contributed by atoms with Gasteiger partial charge in [0, 0.05) is 24.0 Å². The van der Waals surface area contributed by atoms with Gasteiger partial charge in [0.25, 0.3) is 0 Å². The van der Waals surface area contributed by atoms with Crippen LogP contribution >= 0.6 is 0 Å². The van der Waals surface area contributed by atoms with Gasteiger partial charge in [-0.2, -0.15) is 0 Å². The third kappa shape index (κ3) is 8.97. The lowest BCUT2D eigenvalue weighted by atomic mass is 10.3. The van der Waals surface area contributed by atoms with E-state index in [0.717, 1.165) is 12.2 Å². The highest BCUT2D eigenvalue weighted by Gasteiger charge is 2.05. The molecular formula is C26H16O6. The number of ether oxygens (including phenoxy) is 4. The van der Waals surface area contributed by atoms with Crippen molar-refractivity contribution in [1.82, 2.24) is 0 Å². The Kier molecular flexibility index (Phi) is 9.61. The Labute approximate surface area is 186 Å². The summed E-state index contributed by atoms with van der Waals surface area (Å²) >= 11 is 0. The lowest BCUT2D eigenvalue weighted by Gasteiger charge is -2.03. The quantitative estimate of drug-likeness (QED) is 0.306. The predicted octanol–water partition coefficient (Wildman–Crippen LogP) is 3.48. The van der Waals surface area contributed by atoms with Crippen LogP contribution in [0.15, 0.2) is 60.7 Å². The van der Waals surface area contributed by atoms with Gasteiger partial charge in [-0.15, -0.1) is 0 Å². The smallest absolute Gasteiger partial charge is 0.336 e. The normalized spacial score (nSPS) is 8.69. The van der Waals surface area contributed by atoms with E-state index in [1.807, 2.05) is 0 Å². The topological polar surface area (TPSA) is 71.1 Å². The van der Waals surface area contributed by atoms with Gasteiger partial charge in [0.05, 0.1) is 0 Å². The molecule has 0 heterocycles. The van der Waals surface area contributed by atoms with E-state index in [9.17, 15) is 9.59 Å². The summed E-state index contributed by atoms with van der Waals surface area (Å²) < 4.78 is 20.5. The third-order valence-electron chi connectivity index (χ3n) is 3.25. The molecule has 6 heteroatoms. The Morgan fingerprint density at radius 2 is 0.938 bits per heavy atom. The highest BCUT2D eigenvalue weighted by Crippen LogP contribution is 2.18. The maximum Gasteiger partial charge on any atom is 0.336 e. The van der Waals surface area contributed by atoms with Crippen molar-refractivity contribution >= 4 is 11.9 Å². The second-order valence-electron chi connectivity index (χ2n) is 5.53. The van der Waals surface area contributed by atoms with E-state index in [2.05, 4.69) is 47.7 Å². The zero-order valence-corrected chi connectivity index (χ0v) is 17.2. The maximum absolute atomic E-state index is 11.9. The molecule has 2 aromatic carbocycles. The molecule has 0 fully saturated rings. The summed E-state index contributed by atoms with van der Waals surface area (Å²) in [6.07, 6.45) is 6.76. The lowest BCUT2D eigenvalue weighted by Crippen LogP contribution is -2.08. The highest BCUT2D eigenvalue weighted by molar-refractivity contribution is 5.93. The molecule has 0 aliphatic heterocycles. The van der Waals surface area contributed by atoms with Crippen molar-refractivity contribution in [2.45, 2.75) is 13.8 Å². The molecule has 0 aliphatic carbocycles. The summed E-state index contributed by atoms with van der Waals surface area (Å²) in [4.78, 5) is 23.7. The van der Waals surface area contributed by atoms with Gasteiger partial charge in [0.2, 0.25) is 0 Å². The fourth-order valence-corrected chi connectivity index (χ4v) is 1.93. The number of hydrogen-bond acceptors (Lipinski definition) is 6. The Balaban J connectivity index is 1.82. The van der Waals surface area contributed by atoms with E-state index in [1.54, 1.807) is 38.1 Å². The molecule has 32 heavy (non-hydrogen) atoms. The summed E-state index contributed by atoms with van der Waals surface area (Å²) in [5, 5.41) is 0. The molecule has 0 saturated carbocycles. The van der Waals surface area contributed by atoms with Crippen LogP contribution in [0.5, 0.6) is 23.0 Å². The monoisotopic (exact) mass is 424 g/mol. The first-order valence-corrected chi connectivity index (χ1v) is 9.09. The van der Waals surface area contributed by atoms with Crippen LogP contribution in [-0.4, -0.2) is 11.9 Å². The average molecular weight is 424 g/mol. The van der Waals surface area contributed by atoms with Crippen LogP contribution in [0.1, 0.15) is 13.8 Å². The Hall–Kier alpha value is -5.04. The number of benzene rings is 2. The second-order valence-corrected chi connectivity index (χ2v) is 5.53. The zero-order valence-electron chi connectivity index (χ0n) is 17.2. The number of carbonyl (C=O) groups is 2. The van der Waals surface area contributed by atoms with Gasteiger partial charge in [-0.25, -0.2) is 9.59 Å². The molecule has 0 aliphatic rings. The molecule has 0 aromatic heterocycles. The highest BCUT2D eigenvalue weighted by atomic mass is 16.5. The van der Waals surface area contributed by atoms with E-state index < -0.39 is 11.9 Å². The van der Waals surface area contributed by atoms with Gasteiger partial charge < -0.3 is 18.9 Å². The van der Waals surface area contributed by atoms with Crippen LogP contribution < -0.4 is 18.9 Å². The summed E-state index contributed by atoms with van der Waals surface area (Å²) in [6.45, 7) is 3.34. The minimum atomic E-state index is -0.744. The zero-order chi connectivity index (χ0) is 23.0. The van der Waals surface area contributed by atoms with E-state index in [4.69, 9.17) is 18.9 Å². The first-order valence-electron chi connectivity index (χ1n) is 9.09. The van der Waals surface area contributed by atoms with Gasteiger partial charge in [-0.05, 0) is 74.2 Å². The molecule has 156 valence electrons. The molecule has 0 radical (unpaired) electrons.